The molecule has 1 amide bonds. The van der Waals surface area contributed by atoms with Gasteiger partial charge in [-0.1, -0.05) is 24.3 Å². The van der Waals surface area contributed by atoms with Crippen molar-refractivity contribution in [3.8, 4) is 17.2 Å². The maximum Gasteiger partial charge on any atom is 0.387 e. The summed E-state index contributed by atoms with van der Waals surface area (Å²) in [6, 6.07) is 14.3. The van der Waals surface area contributed by atoms with Crippen molar-refractivity contribution in [2.24, 2.45) is 0 Å². The summed E-state index contributed by atoms with van der Waals surface area (Å²) in [5.74, 6) is -0.0548. The number of halogens is 2. The summed E-state index contributed by atoms with van der Waals surface area (Å²) in [6.07, 6.45) is 7.13. The minimum Gasteiger partial charge on any atom is -0.493 e. The number of carbonyl (C=O) groups is 1. The SMILES string of the molecule is COc1cc(CCNC(=O)/C=C/c2cnn(-c3ccccc3)c2)ccc1OC(F)F. The van der Waals surface area contributed by atoms with Crippen LogP contribution in [0.4, 0.5) is 8.78 Å². The first-order chi connectivity index (χ1) is 14.5. The van der Waals surface area contributed by atoms with Gasteiger partial charge in [0.1, 0.15) is 0 Å². The number of benzene rings is 2. The Kier molecular flexibility index (Phi) is 7.15. The zero-order valence-corrected chi connectivity index (χ0v) is 16.3. The van der Waals surface area contributed by atoms with Gasteiger partial charge in [0.15, 0.2) is 11.5 Å². The molecule has 2 aromatic carbocycles. The molecule has 6 nitrogen and oxygen atoms in total. The van der Waals surface area contributed by atoms with Gasteiger partial charge in [0, 0.05) is 24.4 Å². The summed E-state index contributed by atoms with van der Waals surface area (Å²) in [4.78, 5) is 12.0. The van der Waals surface area contributed by atoms with Gasteiger partial charge in [-0.25, -0.2) is 4.68 Å². The van der Waals surface area contributed by atoms with E-state index in [0.717, 1.165) is 16.8 Å². The number of aromatic nitrogens is 2. The molecule has 0 aliphatic heterocycles. The third kappa shape index (κ3) is 5.91. The van der Waals surface area contributed by atoms with Crippen molar-refractivity contribution in [1.82, 2.24) is 15.1 Å². The van der Waals surface area contributed by atoms with Crippen molar-refractivity contribution < 1.29 is 23.0 Å². The zero-order valence-electron chi connectivity index (χ0n) is 16.3. The fourth-order valence-corrected chi connectivity index (χ4v) is 2.77. The zero-order chi connectivity index (χ0) is 21.3. The van der Waals surface area contributed by atoms with Gasteiger partial charge in [0.2, 0.25) is 5.91 Å². The second-order valence-corrected chi connectivity index (χ2v) is 6.29. The van der Waals surface area contributed by atoms with Crippen LogP contribution in [-0.4, -0.2) is 36.0 Å². The molecule has 1 aromatic heterocycles. The maximum atomic E-state index is 12.4. The first-order valence-electron chi connectivity index (χ1n) is 9.23. The number of hydrogen-bond acceptors (Lipinski definition) is 4. The van der Waals surface area contributed by atoms with E-state index in [9.17, 15) is 13.6 Å². The number of amides is 1. The van der Waals surface area contributed by atoms with Crippen molar-refractivity contribution in [3.05, 3.63) is 78.1 Å². The maximum absolute atomic E-state index is 12.4. The lowest BCUT2D eigenvalue weighted by Gasteiger charge is -2.11. The van der Waals surface area contributed by atoms with Crippen LogP contribution in [0.1, 0.15) is 11.1 Å². The van der Waals surface area contributed by atoms with Gasteiger partial charge in [-0.2, -0.15) is 13.9 Å². The van der Waals surface area contributed by atoms with Gasteiger partial charge in [0.05, 0.1) is 19.0 Å². The molecule has 1 heterocycles. The van der Waals surface area contributed by atoms with Crippen molar-refractivity contribution in [2.75, 3.05) is 13.7 Å². The second-order valence-electron chi connectivity index (χ2n) is 6.29. The van der Waals surface area contributed by atoms with Crippen LogP contribution in [0.3, 0.4) is 0 Å². The first-order valence-corrected chi connectivity index (χ1v) is 9.23. The number of hydrogen-bond donors (Lipinski definition) is 1. The molecule has 0 fully saturated rings. The first kappa shape index (κ1) is 21.0. The van der Waals surface area contributed by atoms with Gasteiger partial charge in [-0.05, 0) is 42.3 Å². The quantitative estimate of drug-likeness (QED) is 0.541. The topological polar surface area (TPSA) is 65.4 Å². The van der Waals surface area contributed by atoms with E-state index in [2.05, 4.69) is 15.2 Å². The number of rotatable bonds is 9. The molecule has 0 unspecified atom stereocenters. The molecule has 1 N–H and O–H groups in total. The summed E-state index contributed by atoms with van der Waals surface area (Å²) in [5, 5.41) is 7.05. The highest BCUT2D eigenvalue weighted by Gasteiger charge is 2.11. The van der Waals surface area contributed by atoms with Crippen LogP contribution >= 0.6 is 0 Å². The highest BCUT2D eigenvalue weighted by Crippen LogP contribution is 2.29. The number of methoxy groups -OCH3 is 1. The minimum atomic E-state index is -2.92. The molecule has 3 aromatic rings. The molecule has 0 bridgehead atoms. The monoisotopic (exact) mass is 413 g/mol. The van der Waals surface area contributed by atoms with E-state index in [-0.39, 0.29) is 17.4 Å². The Morgan fingerprint density at radius 1 is 1.20 bits per heavy atom. The summed E-state index contributed by atoms with van der Waals surface area (Å²) >= 11 is 0. The number of nitrogens with one attached hydrogen (secondary N) is 1. The van der Waals surface area contributed by atoms with Gasteiger partial charge in [0.25, 0.3) is 0 Å². The molecule has 0 saturated heterocycles. The van der Waals surface area contributed by atoms with Gasteiger partial charge >= 0.3 is 6.61 Å². The summed E-state index contributed by atoms with van der Waals surface area (Å²) in [5.41, 5.74) is 2.55. The third-order valence-corrected chi connectivity index (χ3v) is 4.21. The minimum absolute atomic E-state index is 0.0285. The van der Waals surface area contributed by atoms with Crippen LogP contribution in [0.25, 0.3) is 11.8 Å². The number of nitrogens with zero attached hydrogens (tertiary/aromatic N) is 2. The van der Waals surface area contributed by atoms with E-state index in [1.165, 1.54) is 19.3 Å². The highest BCUT2D eigenvalue weighted by molar-refractivity contribution is 5.91. The molecule has 156 valence electrons. The molecular weight excluding hydrogens is 392 g/mol. The Bertz CT molecular complexity index is 1000. The van der Waals surface area contributed by atoms with Crippen molar-refractivity contribution in [2.45, 2.75) is 13.0 Å². The second kappa shape index (κ2) is 10.2. The molecule has 8 heteroatoms. The largest absolute Gasteiger partial charge is 0.493 e. The van der Waals surface area contributed by atoms with Gasteiger partial charge < -0.3 is 14.8 Å². The highest BCUT2D eigenvalue weighted by atomic mass is 19.3. The molecule has 0 saturated carbocycles. The lowest BCUT2D eigenvalue weighted by Crippen LogP contribution is -2.23. The average molecular weight is 413 g/mol. The Balaban J connectivity index is 1.50. The molecule has 0 radical (unpaired) electrons. The van der Waals surface area contributed by atoms with Crippen molar-refractivity contribution in [3.63, 3.8) is 0 Å². The number of ether oxygens (including phenoxy) is 2. The van der Waals surface area contributed by atoms with E-state index in [0.29, 0.717) is 13.0 Å². The Hall–Kier alpha value is -3.68. The lowest BCUT2D eigenvalue weighted by molar-refractivity contribution is -0.116. The fourth-order valence-electron chi connectivity index (χ4n) is 2.77. The van der Waals surface area contributed by atoms with Crippen LogP contribution in [0.2, 0.25) is 0 Å². The normalized spacial score (nSPS) is 11.1. The van der Waals surface area contributed by atoms with Crippen LogP contribution in [-0.2, 0) is 11.2 Å². The van der Waals surface area contributed by atoms with Crippen LogP contribution in [0.15, 0.2) is 67.0 Å². The smallest absolute Gasteiger partial charge is 0.387 e. The Labute approximate surface area is 172 Å². The van der Waals surface area contributed by atoms with Crippen molar-refractivity contribution >= 4 is 12.0 Å². The van der Waals surface area contributed by atoms with E-state index in [4.69, 9.17) is 4.74 Å². The molecule has 0 spiro atoms. The number of para-hydroxylation sites is 1. The Morgan fingerprint density at radius 3 is 2.73 bits per heavy atom. The molecule has 0 aliphatic carbocycles. The predicted molar refractivity (Wildman–Crippen MR) is 109 cm³/mol. The average Bonchev–Trinajstić information content (AvgIpc) is 3.22. The van der Waals surface area contributed by atoms with E-state index in [1.54, 1.807) is 29.1 Å². The van der Waals surface area contributed by atoms with Crippen LogP contribution < -0.4 is 14.8 Å². The molecule has 0 aliphatic rings. The lowest BCUT2D eigenvalue weighted by atomic mass is 10.1. The molecule has 0 atom stereocenters. The summed E-state index contributed by atoms with van der Waals surface area (Å²) < 4.78 is 35.9. The summed E-state index contributed by atoms with van der Waals surface area (Å²) in [7, 11) is 1.38. The standard InChI is InChI=1S/C22H21F2N3O3/c1-29-20-13-16(7-9-19(20)30-22(23)24)11-12-25-21(28)10-8-17-14-26-27(15-17)18-5-3-2-4-6-18/h2-10,13-15,22H,11-12H2,1H3,(H,25,28)/b10-8+. The van der Waals surface area contributed by atoms with Gasteiger partial charge in [-0.15, -0.1) is 0 Å². The molecule has 30 heavy (non-hydrogen) atoms. The van der Waals surface area contributed by atoms with E-state index in [1.807, 2.05) is 36.5 Å². The number of alkyl halides is 2. The Morgan fingerprint density at radius 2 is 2.00 bits per heavy atom. The van der Waals surface area contributed by atoms with Crippen LogP contribution in [0.5, 0.6) is 11.5 Å². The van der Waals surface area contributed by atoms with Crippen LogP contribution in [0, 0.1) is 0 Å². The molecule has 3 rings (SSSR count). The fraction of sp³-hybridized carbons (Fsp3) is 0.182. The number of carbonyl (C=O) groups excluding carboxylic acids is 1. The molecular formula is C22H21F2N3O3. The van der Waals surface area contributed by atoms with E-state index < -0.39 is 6.61 Å². The van der Waals surface area contributed by atoms with Gasteiger partial charge in [-0.3, -0.25) is 4.79 Å². The third-order valence-electron chi connectivity index (χ3n) is 4.21. The summed E-state index contributed by atoms with van der Waals surface area (Å²) in [6.45, 7) is -2.54. The predicted octanol–water partition coefficient (Wildman–Crippen LogP) is 3.85. The van der Waals surface area contributed by atoms with Crippen molar-refractivity contribution in [1.29, 1.82) is 0 Å². The van der Waals surface area contributed by atoms with E-state index >= 15 is 0 Å².